The lowest BCUT2D eigenvalue weighted by Gasteiger charge is -2.19. The number of benzene rings is 1. The van der Waals surface area contributed by atoms with E-state index in [-0.39, 0.29) is 11.7 Å². The van der Waals surface area contributed by atoms with Crippen molar-refractivity contribution in [1.29, 1.82) is 0 Å². The molecule has 0 unspecified atom stereocenters. The first kappa shape index (κ1) is 17.3. The van der Waals surface area contributed by atoms with Crippen molar-refractivity contribution in [3.8, 4) is 11.1 Å². The van der Waals surface area contributed by atoms with E-state index in [2.05, 4.69) is 15.0 Å². The van der Waals surface area contributed by atoms with Gasteiger partial charge in [-0.15, -0.1) is 0 Å². The number of rotatable bonds is 2. The Kier molecular flexibility index (Phi) is 3.80. The number of halogens is 1. The van der Waals surface area contributed by atoms with E-state index < -0.39 is 5.41 Å². The second-order valence-corrected chi connectivity index (χ2v) is 7.30. The molecule has 0 spiro atoms. The minimum Gasteiger partial charge on any atom is -0.273 e. The van der Waals surface area contributed by atoms with Gasteiger partial charge in [0.25, 0.3) is 0 Å². The minimum absolute atomic E-state index is 0.0685. The van der Waals surface area contributed by atoms with Crippen LogP contribution in [-0.4, -0.2) is 20.9 Å². The molecule has 0 bridgehead atoms. The normalized spacial score (nSPS) is 15.1. The van der Waals surface area contributed by atoms with Crippen LogP contribution in [-0.2, 0) is 10.2 Å². The molecular weight excluding hydrogens is 343 g/mol. The van der Waals surface area contributed by atoms with Crippen LogP contribution < -0.4 is 4.90 Å². The van der Waals surface area contributed by atoms with E-state index in [0.29, 0.717) is 17.1 Å². The molecule has 4 rings (SSSR count). The highest BCUT2D eigenvalue weighted by Crippen LogP contribution is 2.46. The van der Waals surface area contributed by atoms with Gasteiger partial charge in [0.1, 0.15) is 5.82 Å². The predicted octanol–water partition coefficient (Wildman–Crippen LogP) is 4.25. The Morgan fingerprint density at radius 3 is 2.41 bits per heavy atom. The van der Waals surface area contributed by atoms with Gasteiger partial charge in [-0.3, -0.25) is 19.7 Å². The number of amides is 1. The molecule has 1 aliphatic rings. The second kappa shape index (κ2) is 5.94. The molecule has 0 fully saturated rings. The Morgan fingerprint density at radius 1 is 0.963 bits per heavy atom. The number of anilines is 2. The maximum Gasteiger partial charge on any atom is 0.242 e. The number of aromatic nitrogens is 3. The molecule has 0 saturated heterocycles. The quantitative estimate of drug-likeness (QED) is 0.684. The van der Waals surface area contributed by atoms with E-state index in [1.54, 1.807) is 30.4 Å². The van der Waals surface area contributed by atoms with Crippen molar-refractivity contribution in [3.05, 3.63) is 65.6 Å². The molecule has 1 aliphatic heterocycles. The molecule has 3 aromatic rings. The van der Waals surface area contributed by atoms with Gasteiger partial charge in [0, 0.05) is 11.8 Å². The smallest absolute Gasteiger partial charge is 0.242 e. The van der Waals surface area contributed by atoms with Gasteiger partial charge in [-0.1, -0.05) is 12.1 Å². The van der Waals surface area contributed by atoms with Crippen LogP contribution in [0.25, 0.3) is 11.1 Å². The number of aryl methyl sites for hydroxylation is 2. The molecule has 0 N–H and O–H groups in total. The van der Waals surface area contributed by atoms with E-state index in [1.165, 1.54) is 6.07 Å². The van der Waals surface area contributed by atoms with Crippen LogP contribution in [0.15, 0.2) is 42.9 Å². The first-order valence-electron chi connectivity index (χ1n) is 8.69. The van der Waals surface area contributed by atoms with Crippen LogP contribution in [0.2, 0.25) is 0 Å². The largest absolute Gasteiger partial charge is 0.273 e. The third-order valence-electron chi connectivity index (χ3n) is 5.00. The van der Waals surface area contributed by atoms with Crippen LogP contribution in [0.1, 0.15) is 30.8 Å². The third-order valence-corrected chi connectivity index (χ3v) is 5.00. The maximum atomic E-state index is 14.0. The lowest BCUT2D eigenvalue weighted by Crippen LogP contribution is -2.33. The van der Waals surface area contributed by atoms with E-state index in [1.807, 2.05) is 39.0 Å². The van der Waals surface area contributed by atoms with Crippen molar-refractivity contribution in [1.82, 2.24) is 15.0 Å². The van der Waals surface area contributed by atoms with Gasteiger partial charge in [-0.05, 0) is 51.0 Å². The molecule has 6 heteroatoms. The van der Waals surface area contributed by atoms with Crippen LogP contribution in [0, 0.1) is 19.7 Å². The summed E-state index contributed by atoms with van der Waals surface area (Å²) in [6.45, 7) is 7.25. The average Bonchev–Trinajstić information content (AvgIpc) is 2.84. The minimum atomic E-state index is -0.683. The molecule has 0 atom stereocenters. The van der Waals surface area contributed by atoms with Gasteiger partial charge in [-0.25, -0.2) is 9.37 Å². The molecule has 136 valence electrons. The van der Waals surface area contributed by atoms with Gasteiger partial charge >= 0.3 is 0 Å². The molecule has 2 aromatic heterocycles. The fraction of sp³-hybridized carbons (Fsp3) is 0.238. The zero-order valence-electron chi connectivity index (χ0n) is 15.6. The molecule has 1 aromatic carbocycles. The monoisotopic (exact) mass is 362 g/mol. The summed E-state index contributed by atoms with van der Waals surface area (Å²) in [7, 11) is 0. The highest BCUT2D eigenvalue weighted by atomic mass is 19.1. The summed E-state index contributed by atoms with van der Waals surface area (Å²) in [5, 5.41) is 0. The Hall–Kier alpha value is -3.15. The number of hydrogen-bond donors (Lipinski definition) is 0. The van der Waals surface area contributed by atoms with Crippen molar-refractivity contribution >= 4 is 17.4 Å². The highest BCUT2D eigenvalue weighted by Gasteiger charge is 2.45. The zero-order chi connectivity index (χ0) is 19.3. The van der Waals surface area contributed by atoms with Crippen LogP contribution in [0.4, 0.5) is 15.9 Å². The molecule has 3 heterocycles. The first-order valence-corrected chi connectivity index (χ1v) is 8.69. The van der Waals surface area contributed by atoms with Crippen molar-refractivity contribution in [2.75, 3.05) is 4.90 Å². The summed E-state index contributed by atoms with van der Waals surface area (Å²) >= 11 is 0. The molecule has 27 heavy (non-hydrogen) atoms. The van der Waals surface area contributed by atoms with Gasteiger partial charge in [-0.2, -0.15) is 0 Å². The molecular formula is C21H19FN4O. The highest BCUT2D eigenvalue weighted by molar-refractivity contribution is 6.12. The van der Waals surface area contributed by atoms with E-state index >= 15 is 0 Å². The molecule has 0 saturated carbocycles. The number of pyridine rings is 1. The van der Waals surface area contributed by atoms with Crippen molar-refractivity contribution < 1.29 is 9.18 Å². The summed E-state index contributed by atoms with van der Waals surface area (Å²) in [5.41, 5.74) is 3.54. The topological polar surface area (TPSA) is 59.0 Å². The summed E-state index contributed by atoms with van der Waals surface area (Å²) in [5.74, 6) is 0.0504. The summed E-state index contributed by atoms with van der Waals surface area (Å²) in [6.07, 6.45) is 4.87. The fourth-order valence-corrected chi connectivity index (χ4v) is 3.32. The van der Waals surface area contributed by atoms with Crippen LogP contribution in [0.3, 0.4) is 0 Å². The summed E-state index contributed by atoms with van der Waals surface area (Å²) in [6, 6.07) is 7.16. The molecule has 5 nitrogen and oxygen atoms in total. The lowest BCUT2D eigenvalue weighted by molar-refractivity contribution is -0.121. The van der Waals surface area contributed by atoms with Gasteiger partial charge in [0.15, 0.2) is 5.82 Å². The Labute approximate surface area is 156 Å². The fourth-order valence-electron chi connectivity index (χ4n) is 3.32. The maximum absolute atomic E-state index is 14.0. The molecule has 0 aliphatic carbocycles. The van der Waals surface area contributed by atoms with E-state index in [9.17, 15) is 9.18 Å². The number of carbonyl (C=O) groups excluding carboxylic acids is 1. The average molecular weight is 362 g/mol. The molecule has 1 amide bonds. The van der Waals surface area contributed by atoms with Crippen molar-refractivity contribution in [2.24, 2.45) is 0 Å². The molecule has 0 radical (unpaired) electrons. The lowest BCUT2D eigenvalue weighted by atomic mass is 9.85. The zero-order valence-corrected chi connectivity index (χ0v) is 15.6. The third kappa shape index (κ3) is 2.68. The Morgan fingerprint density at radius 2 is 1.74 bits per heavy atom. The number of hydrogen-bond acceptors (Lipinski definition) is 4. The van der Waals surface area contributed by atoms with Crippen LogP contribution in [0.5, 0.6) is 0 Å². The summed E-state index contributed by atoms with van der Waals surface area (Å²) in [4.78, 5) is 27.4. The van der Waals surface area contributed by atoms with Crippen LogP contribution >= 0.6 is 0 Å². The number of fused-ring (bicyclic) bond motifs is 1. The predicted molar refractivity (Wildman–Crippen MR) is 101 cm³/mol. The Bertz CT molecular complexity index is 1060. The van der Waals surface area contributed by atoms with Gasteiger partial charge < -0.3 is 0 Å². The number of nitrogens with zero attached hydrogens (tertiary/aromatic N) is 4. The van der Waals surface area contributed by atoms with Crippen molar-refractivity contribution in [2.45, 2.75) is 33.1 Å². The number of carbonyl (C=O) groups is 1. The summed E-state index contributed by atoms with van der Waals surface area (Å²) < 4.78 is 14.0. The standard InChI is InChI=1S/C21H19FN4O/c1-12-9-25-19(11-23-12)26-18-8-14(15-7-17(22)13(2)24-10-15)5-6-16(18)21(3,4)20(26)27/h5-11H,1-4H3. The Balaban J connectivity index is 1.88. The van der Waals surface area contributed by atoms with E-state index in [0.717, 1.165) is 22.5 Å². The second-order valence-electron chi connectivity index (χ2n) is 7.30. The van der Waals surface area contributed by atoms with Gasteiger partial charge in [0.2, 0.25) is 5.91 Å². The van der Waals surface area contributed by atoms with E-state index in [4.69, 9.17) is 0 Å². The first-order chi connectivity index (χ1) is 12.8. The van der Waals surface area contributed by atoms with Gasteiger partial charge in [0.05, 0.1) is 34.9 Å². The SMILES string of the molecule is Cc1cnc(N2C(=O)C(C)(C)c3ccc(-c4cnc(C)c(F)c4)cc32)cn1. The van der Waals surface area contributed by atoms with Crippen molar-refractivity contribution in [3.63, 3.8) is 0 Å².